The molecule has 7 nitrogen and oxygen atoms in total. The predicted molar refractivity (Wildman–Crippen MR) is 123 cm³/mol. The Morgan fingerprint density at radius 2 is 1.94 bits per heavy atom. The lowest BCUT2D eigenvalue weighted by atomic mass is 10.0. The maximum Gasteiger partial charge on any atom is 0.256 e. The highest BCUT2D eigenvalue weighted by molar-refractivity contribution is 9.10. The van der Waals surface area contributed by atoms with Crippen LogP contribution in [0.2, 0.25) is 0 Å². The summed E-state index contributed by atoms with van der Waals surface area (Å²) in [6, 6.07) is 5.71. The van der Waals surface area contributed by atoms with Gasteiger partial charge in [0.25, 0.3) is 11.8 Å². The number of amides is 2. The first-order valence-electron chi connectivity index (χ1n) is 10.7. The number of anilines is 1. The molecule has 0 radical (unpaired) electrons. The fraction of sp³-hybridized carbons (Fsp3) is 0.391. The van der Waals surface area contributed by atoms with Crippen LogP contribution in [0.5, 0.6) is 0 Å². The lowest BCUT2D eigenvalue weighted by Crippen LogP contribution is -2.45. The van der Waals surface area contributed by atoms with Crippen molar-refractivity contribution < 1.29 is 14.3 Å². The van der Waals surface area contributed by atoms with E-state index in [1.54, 1.807) is 0 Å². The Kier molecular flexibility index (Phi) is 5.45. The summed E-state index contributed by atoms with van der Waals surface area (Å²) < 4.78 is 6.28. The summed E-state index contributed by atoms with van der Waals surface area (Å²) in [7, 11) is 0. The zero-order valence-electron chi connectivity index (χ0n) is 17.5. The predicted octanol–water partition coefficient (Wildman–Crippen LogP) is 2.91. The van der Waals surface area contributed by atoms with Gasteiger partial charge in [0.05, 0.1) is 30.0 Å². The molecule has 8 heteroatoms. The normalized spacial score (nSPS) is 20.2. The summed E-state index contributed by atoms with van der Waals surface area (Å²) in [5.74, 6) is -0.0577. The number of fused-ring (bicyclic) bond motifs is 2. The number of morpholine rings is 1. The first-order valence-corrected chi connectivity index (χ1v) is 11.4. The first-order chi connectivity index (χ1) is 15.0. The van der Waals surface area contributed by atoms with Crippen LogP contribution in [0.1, 0.15) is 32.9 Å². The van der Waals surface area contributed by atoms with Crippen molar-refractivity contribution in [1.82, 2.24) is 14.8 Å². The highest BCUT2D eigenvalue weighted by Crippen LogP contribution is 2.39. The number of aromatic amines is 1. The van der Waals surface area contributed by atoms with Crippen LogP contribution in [0.25, 0.3) is 11.6 Å². The average molecular weight is 485 g/mol. The van der Waals surface area contributed by atoms with E-state index in [1.807, 2.05) is 36.1 Å². The quantitative estimate of drug-likeness (QED) is 0.654. The third-order valence-corrected chi connectivity index (χ3v) is 7.01. The van der Waals surface area contributed by atoms with E-state index in [4.69, 9.17) is 4.74 Å². The monoisotopic (exact) mass is 484 g/mol. The Labute approximate surface area is 189 Å². The molecule has 31 heavy (non-hydrogen) atoms. The van der Waals surface area contributed by atoms with Crippen LogP contribution in [0.15, 0.2) is 22.7 Å². The molecule has 3 aliphatic rings. The van der Waals surface area contributed by atoms with E-state index < -0.39 is 0 Å². The number of aromatic nitrogens is 1. The van der Waals surface area contributed by atoms with Gasteiger partial charge >= 0.3 is 0 Å². The van der Waals surface area contributed by atoms with Crippen molar-refractivity contribution in [3.8, 4) is 0 Å². The molecule has 1 aromatic heterocycles. The van der Waals surface area contributed by atoms with E-state index in [-0.39, 0.29) is 11.8 Å². The summed E-state index contributed by atoms with van der Waals surface area (Å²) >= 11 is 3.56. The zero-order chi connectivity index (χ0) is 21.5. The van der Waals surface area contributed by atoms with Crippen LogP contribution < -0.4 is 5.32 Å². The average Bonchev–Trinajstić information content (AvgIpc) is 3.26. The lowest BCUT2D eigenvalue weighted by Gasteiger charge is -2.32. The second-order valence-corrected chi connectivity index (χ2v) is 9.04. The number of benzene rings is 1. The van der Waals surface area contributed by atoms with Crippen molar-refractivity contribution in [2.75, 3.05) is 51.3 Å². The van der Waals surface area contributed by atoms with Crippen molar-refractivity contribution >= 4 is 45.1 Å². The topological polar surface area (TPSA) is 77.7 Å². The molecule has 2 aromatic rings. The molecular formula is C23H25BrN4O3. The van der Waals surface area contributed by atoms with Gasteiger partial charge in [-0.3, -0.25) is 14.5 Å². The van der Waals surface area contributed by atoms with Crippen LogP contribution in [0, 0.1) is 6.92 Å². The van der Waals surface area contributed by atoms with Gasteiger partial charge in [-0.15, -0.1) is 0 Å². The van der Waals surface area contributed by atoms with Crippen LogP contribution in [0.4, 0.5) is 5.69 Å². The summed E-state index contributed by atoms with van der Waals surface area (Å²) in [5.41, 5.74) is 5.69. The molecule has 0 atom stereocenters. The minimum absolute atomic E-state index is 0.0744. The standard InChI is InChI=1S/C23H25BrN4O3/c1-14-19(13-15-21-16(24)3-2-4-17(21)26-22(15)29)25-18-5-6-28(23(30)20(14)18)8-7-27-9-11-31-12-10-27/h2-4,13,25H,5-12H2,1H3,(H,26,29)/b15-13-. The molecule has 1 saturated heterocycles. The van der Waals surface area contributed by atoms with Crippen molar-refractivity contribution in [3.63, 3.8) is 0 Å². The molecular weight excluding hydrogens is 460 g/mol. The lowest BCUT2D eigenvalue weighted by molar-refractivity contribution is -0.110. The summed E-state index contributed by atoms with van der Waals surface area (Å²) in [4.78, 5) is 33.5. The van der Waals surface area contributed by atoms with Crippen molar-refractivity contribution in [2.45, 2.75) is 13.3 Å². The number of carbonyl (C=O) groups excluding carboxylic acids is 2. The van der Waals surface area contributed by atoms with Crippen molar-refractivity contribution in [2.24, 2.45) is 0 Å². The van der Waals surface area contributed by atoms with Crippen LogP contribution in [0.3, 0.4) is 0 Å². The molecule has 0 saturated carbocycles. The van der Waals surface area contributed by atoms with E-state index >= 15 is 0 Å². The number of carbonyl (C=O) groups is 2. The van der Waals surface area contributed by atoms with Crippen LogP contribution >= 0.6 is 15.9 Å². The zero-order valence-corrected chi connectivity index (χ0v) is 19.0. The van der Waals surface area contributed by atoms with Gasteiger partial charge in [0.1, 0.15) is 0 Å². The van der Waals surface area contributed by atoms with E-state index in [0.29, 0.717) is 12.1 Å². The molecule has 2 amide bonds. The number of nitrogens with zero attached hydrogens (tertiary/aromatic N) is 2. The summed E-state index contributed by atoms with van der Waals surface area (Å²) in [5, 5.41) is 2.91. The third kappa shape index (κ3) is 3.73. The van der Waals surface area contributed by atoms with E-state index in [2.05, 4.69) is 31.1 Å². The Bertz CT molecular complexity index is 1080. The molecule has 0 aliphatic carbocycles. The van der Waals surface area contributed by atoms with E-state index in [1.165, 1.54) is 0 Å². The molecule has 0 bridgehead atoms. The number of nitrogens with one attached hydrogen (secondary N) is 2. The molecule has 4 heterocycles. The second-order valence-electron chi connectivity index (χ2n) is 8.19. The van der Waals surface area contributed by atoms with Crippen LogP contribution in [-0.4, -0.2) is 72.5 Å². The van der Waals surface area contributed by atoms with Crippen LogP contribution in [-0.2, 0) is 16.0 Å². The molecule has 5 rings (SSSR count). The molecule has 3 aliphatic heterocycles. The number of ether oxygens (including phenoxy) is 1. The van der Waals surface area contributed by atoms with Gasteiger partial charge < -0.3 is 19.9 Å². The minimum Gasteiger partial charge on any atom is -0.379 e. The highest BCUT2D eigenvalue weighted by atomic mass is 79.9. The van der Waals surface area contributed by atoms with E-state index in [0.717, 1.165) is 84.1 Å². The minimum atomic E-state index is -0.132. The maximum absolute atomic E-state index is 13.2. The van der Waals surface area contributed by atoms with Gasteiger partial charge in [0, 0.05) is 60.6 Å². The summed E-state index contributed by atoms with van der Waals surface area (Å²) in [6.07, 6.45) is 2.66. The van der Waals surface area contributed by atoms with Gasteiger partial charge in [-0.05, 0) is 30.7 Å². The fourth-order valence-electron chi connectivity index (χ4n) is 4.60. The Balaban J connectivity index is 1.40. The highest BCUT2D eigenvalue weighted by Gasteiger charge is 2.31. The van der Waals surface area contributed by atoms with Gasteiger partial charge in [-0.2, -0.15) is 0 Å². The van der Waals surface area contributed by atoms with E-state index in [9.17, 15) is 9.59 Å². The summed E-state index contributed by atoms with van der Waals surface area (Å²) in [6.45, 7) is 7.64. The number of hydrogen-bond donors (Lipinski definition) is 2. The van der Waals surface area contributed by atoms with Gasteiger partial charge in [0.15, 0.2) is 0 Å². The third-order valence-electron chi connectivity index (χ3n) is 6.35. The maximum atomic E-state index is 13.2. The van der Waals surface area contributed by atoms with Gasteiger partial charge in [0.2, 0.25) is 0 Å². The Hall–Kier alpha value is -2.42. The SMILES string of the molecule is Cc1c(/C=C2\C(=O)Nc3cccc(Br)c32)[nH]c2c1C(=O)N(CCN1CCOCC1)CC2. The molecule has 0 unspecified atom stereocenters. The number of halogens is 1. The molecule has 162 valence electrons. The largest absolute Gasteiger partial charge is 0.379 e. The van der Waals surface area contributed by atoms with Gasteiger partial charge in [-0.1, -0.05) is 22.0 Å². The van der Waals surface area contributed by atoms with Gasteiger partial charge in [-0.25, -0.2) is 0 Å². The van der Waals surface area contributed by atoms with Crippen molar-refractivity contribution in [3.05, 3.63) is 50.8 Å². The molecule has 2 N–H and O–H groups in total. The molecule has 1 aromatic carbocycles. The number of H-pyrrole nitrogens is 1. The fourth-order valence-corrected chi connectivity index (χ4v) is 5.17. The first kappa shape index (κ1) is 20.5. The Morgan fingerprint density at radius 1 is 1.13 bits per heavy atom. The molecule has 1 fully saturated rings. The molecule has 0 spiro atoms. The van der Waals surface area contributed by atoms with Crippen molar-refractivity contribution in [1.29, 1.82) is 0 Å². The second kappa shape index (κ2) is 8.26. The smallest absolute Gasteiger partial charge is 0.256 e. The Morgan fingerprint density at radius 3 is 2.74 bits per heavy atom. The number of hydrogen-bond acceptors (Lipinski definition) is 4. The number of rotatable bonds is 4.